The van der Waals surface area contributed by atoms with Crippen molar-refractivity contribution in [2.75, 3.05) is 6.61 Å². The van der Waals surface area contributed by atoms with E-state index in [2.05, 4.69) is 62.5 Å². The van der Waals surface area contributed by atoms with Crippen LogP contribution in [0.1, 0.15) is 30.5 Å². The Bertz CT molecular complexity index is 528. The zero-order valence-electron chi connectivity index (χ0n) is 13.2. The molecule has 2 nitrogen and oxygen atoms in total. The third kappa shape index (κ3) is 5.60. The highest BCUT2D eigenvalue weighted by Gasteiger charge is 1.98. The normalized spacial score (nSPS) is 10.9. The first kappa shape index (κ1) is 15.6. The molecule has 112 valence electrons. The second-order valence-electron chi connectivity index (χ2n) is 5.94. The lowest BCUT2D eigenvalue weighted by Gasteiger charge is -2.10. The van der Waals surface area contributed by atoms with Gasteiger partial charge in [-0.1, -0.05) is 55.8 Å². The molecule has 0 heterocycles. The van der Waals surface area contributed by atoms with Crippen molar-refractivity contribution in [1.82, 2.24) is 5.32 Å². The summed E-state index contributed by atoms with van der Waals surface area (Å²) >= 11 is 0. The molecular formula is C19H25NO. The van der Waals surface area contributed by atoms with Crippen molar-refractivity contribution < 1.29 is 4.74 Å². The van der Waals surface area contributed by atoms with Crippen LogP contribution in [-0.4, -0.2) is 6.61 Å². The van der Waals surface area contributed by atoms with Crippen LogP contribution >= 0.6 is 0 Å². The first-order valence-electron chi connectivity index (χ1n) is 7.61. The van der Waals surface area contributed by atoms with Crippen LogP contribution in [0, 0.1) is 12.8 Å². The van der Waals surface area contributed by atoms with Crippen molar-refractivity contribution in [3.8, 4) is 5.75 Å². The summed E-state index contributed by atoms with van der Waals surface area (Å²) in [5.74, 6) is 1.51. The molecular weight excluding hydrogens is 258 g/mol. The first-order valence-corrected chi connectivity index (χ1v) is 7.61. The van der Waals surface area contributed by atoms with E-state index in [1.54, 1.807) is 0 Å². The number of benzene rings is 2. The van der Waals surface area contributed by atoms with Gasteiger partial charge in [-0.2, -0.15) is 0 Å². The van der Waals surface area contributed by atoms with Gasteiger partial charge in [0.25, 0.3) is 0 Å². The van der Waals surface area contributed by atoms with Crippen molar-refractivity contribution in [3.63, 3.8) is 0 Å². The van der Waals surface area contributed by atoms with Crippen molar-refractivity contribution in [1.29, 1.82) is 0 Å². The highest BCUT2D eigenvalue weighted by molar-refractivity contribution is 5.27. The molecule has 0 bridgehead atoms. The van der Waals surface area contributed by atoms with Gasteiger partial charge in [-0.15, -0.1) is 0 Å². The molecule has 0 fully saturated rings. The van der Waals surface area contributed by atoms with Gasteiger partial charge in [0.05, 0.1) is 6.61 Å². The topological polar surface area (TPSA) is 21.3 Å². The zero-order chi connectivity index (χ0) is 15.1. The van der Waals surface area contributed by atoms with Gasteiger partial charge in [0.1, 0.15) is 5.75 Å². The maximum absolute atomic E-state index is 5.69. The van der Waals surface area contributed by atoms with Crippen molar-refractivity contribution in [2.45, 2.75) is 33.9 Å². The fourth-order valence-electron chi connectivity index (χ4n) is 2.02. The minimum atomic E-state index is 0.556. The zero-order valence-corrected chi connectivity index (χ0v) is 13.2. The quantitative estimate of drug-likeness (QED) is 0.817. The molecule has 2 aromatic carbocycles. The number of aryl methyl sites for hydroxylation is 1. The van der Waals surface area contributed by atoms with Crippen LogP contribution in [0.25, 0.3) is 0 Å². The van der Waals surface area contributed by atoms with Crippen molar-refractivity contribution in [3.05, 3.63) is 65.2 Å². The maximum Gasteiger partial charge on any atom is 0.119 e. The number of rotatable bonds is 7. The number of ether oxygens (including phenoxy) is 1. The maximum atomic E-state index is 5.69. The van der Waals surface area contributed by atoms with E-state index in [0.717, 1.165) is 25.4 Å². The molecule has 2 heteroatoms. The van der Waals surface area contributed by atoms with Gasteiger partial charge in [0.15, 0.2) is 0 Å². The summed E-state index contributed by atoms with van der Waals surface area (Å²) in [4.78, 5) is 0. The fourth-order valence-corrected chi connectivity index (χ4v) is 2.02. The standard InChI is InChI=1S/C19H25NO/c1-15(2)14-21-19-10-8-18(9-11-19)13-20-12-17-6-4-16(3)5-7-17/h4-11,15,20H,12-14H2,1-3H3. The van der Waals surface area contributed by atoms with E-state index < -0.39 is 0 Å². The van der Waals surface area contributed by atoms with Gasteiger partial charge in [-0.3, -0.25) is 0 Å². The van der Waals surface area contributed by atoms with Crippen LogP contribution in [0.15, 0.2) is 48.5 Å². The highest BCUT2D eigenvalue weighted by Crippen LogP contribution is 2.13. The van der Waals surface area contributed by atoms with E-state index in [-0.39, 0.29) is 0 Å². The summed E-state index contributed by atoms with van der Waals surface area (Å²) in [6, 6.07) is 17.0. The smallest absolute Gasteiger partial charge is 0.119 e. The number of hydrogen-bond donors (Lipinski definition) is 1. The van der Waals surface area contributed by atoms with Crippen LogP contribution in [0.2, 0.25) is 0 Å². The van der Waals surface area contributed by atoms with Crippen LogP contribution < -0.4 is 10.1 Å². The summed E-state index contributed by atoms with van der Waals surface area (Å²) in [6.45, 7) is 8.96. The van der Waals surface area contributed by atoms with E-state index in [1.807, 2.05) is 12.1 Å². The first-order chi connectivity index (χ1) is 10.1. The van der Waals surface area contributed by atoms with E-state index in [1.165, 1.54) is 16.7 Å². The minimum Gasteiger partial charge on any atom is -0.493 e. The predicted octanol–water partition coefficient (Wildman–Crippen LogP) is 4.32. The summed E-state index contributed by atoms with van der Waals surface area (Å²) in [7, 11) is 0. The predicted molar refractivity (Wildman–Crippen MR) is 88.5 cm³/mol. The molecule has 0 radical (unpaired) electrons. The van der Waals surface area contributed by atoms with Crippen molar-refractivity contribution in [2.24, 2.45) is 5.92 Å². The Kier molecular flexibility index (Phi) is 5.82. The molecule has 0 aliphatic rings. The van der Waals surface area contributed by atoms with Gasteiger partial charge in [-0.05, 0) is 36.1 Å². The summed E-state index contributed by atoms with van der Waals surface area (Å²) < 4.78 is 5.69. The Hall–Kier alpha value is -1.80. The van der Waals surface area contributed by atoms with Gasteiger partial charge in [-0.25, -0.2) is 0 Å². The summed E-state index contributed by atoms with van der Waals surface area (Å²) in [6.07, 6.45) is 0. The molecule has 0 aromatic heterocycles. The van der Waals surface area contributed by atoms with Crippen LogP contribution in [0.4, 0.5) is 0 Å². The van der Waals surface area contributed by atoms with Gasteiger partial charge in [0.2, 0.25) is 0 Å². The number of nitrogens with one attached hydrogen (secondary N) is 1. The van der Waals surface area contributed by atoms with Crippen molar-refractivity contribution >= 4 is 0 Å². The molecule has 0 saturated heterocycles. The SMILES string of the molecule is Cc1ccc(CNCc2ccc(OCC(C)C)cc2)cc1. The molecule has 0 spiro atoms. The molecule has 0 aliphatic heterocycles. The lowest BCUT2D eigenvalue weighted by Crippen LogP contribution is -2.12. The summed E-state index contributed by atoms with van der Waals surface area (Å²) in [5, 5.41) is 3.47. The van der Waals surface area contributed by atoms with Gasteiger partial charge >= 0.3 is 0 Å². The molecule has 0 atom stereocenters. The van der Waals surface area contributed by atoms with Crippen LogP contribution in [0.5, 0.6) is 5.75 Å². The molecule has 0 saturated carbocycles. The fraction of sp³-hybridized carbons (Fsp3) is 0.368. The van der Waals surface area contributed by atoms with Crippen LogP contribution in [0.3, 0.4) is 0 Å². The molecule has 2 rings (SSSR count). The molecule has 21 heavy (non-hydrogen) atoms. The summed E-state index contributed by atoms with van der Waals surface area (Å²) in [5.41, 5.74) is 3.90. The van der Waals surface area contributed by atoms with Crippen LogP contribution in [-0.2, 0) is 13.1 Å². The molecule has 1 N–H and O–H groups in total. The molecule has 2 aromatic rings. The third-order valence-corrected chi connectivity index (χ3v) is 3.29. The molecule has 0 unspecified atom stereocenters. The number of hydrogen-bond acceptors (Lipinski definition) is 2. The highest BCUT2D eigenvalue weighted by atomic mass is 16.5. The van der Waals surface area contributed by atoms with E-state index >= 15 is 0 Å². The van der Waals surface area contributed by atoms with E-state index in [9.17, 15) is 0 Å². The second kappa shape index (κ2) is 7.84. The van der Waals surface area contributed by atoms with Gasteiger partial charge in [0, 0.05) is 13.1 Å². The Labute approximate surface area is 128 Å². The monoisotopic (exact) mass is 283 g/mol. The average Bonchev–Trinajstić information content (AvgIpc) is 2.48. The Morgan fingerprint density at radius 1 is 0.857 bits per heavy atom. The molecule has 0 aliphatic carbocycles. The lowest BCUT2D eigenvalue weighted by molar-refractivity contribution is 0.271. The lowest BCUT2D eigenvalue weighted by atomic mass is 10.1. The second-order valence-corrected chi connectivity index (χ2v) is 5.94. The molecule has 0 amide bonds. The average molecular weight is 283 g/mol. The van der Waals surface area contributed by atoms with Gasteiger partial charge < -0.3 is 10.1 Å². The third-order valence-electron chi connectivity index (χ3n) is 3.29. The Morgan fingerprint density at radius 3 is 1.90 bits per heavy atom. The Balaban J connectivity index is 1.77. The Morgan fingerprint density at radius 2 is 1.38 bits per heavy atom. The van der Waals surface area contributed by atoms with E-state index in [0.29, 0.717) is 5.92 Å². The van der Waals surface area contributed by atoms with E-state index in [4.69, 9.17) is 4.74 Å². The minimum absolute atomic E-state index is 0.556. The largest absolute Gasteiger partial charge is 0.493 e.